The molecule has 0 aromatic heterocycles. The van der Waals surface area contributed by atoms with Crippen LogP contribution in [-0.2, 0) is 6.54 Å². The molecule has 0 amide bonds. The van der Waals surface area contributed by atoms with Gasteiger partial charge in [0.2, 0.25) is 0 Å². The number of nitrogens with one attached hydrogen (secondary N) is 1. The molecule has 1 aliphatic carbocycles. The molecule has 2 aromatic carbocycles. The van der Waals surface area contributed by atoms with Crippen LogP contribution in [0.4, 0.5) is 0 Å². The second kappa shape index (κ2) is 5.94. The molecule has 2 unspecified atom stereocenters. The van der Waals surface area contributed by atoms with Gasteiger partial charge in [-0.3, -0.25) is 0 Å². The molecule has 3 N–H and O–H groups in total. The maximum atomic E-state index is 6.19. The molecule has 1 aliphatic rings. The third-order valence-corrected chi connectivity index (χ3v) is 4.45. The summed E-state index contributed by atoms with van der Waals surface area (Å²) in [5, 5.41) is 6.28. The summed E-state index contributed by atoms with van der Waals surface area (Å²) in [5.41, 5.74) is 8.85. The number of rotatable bonds is 3. The van der Waals surface area contributed by atoms with Gasteiger partial charge in [-0.25, -0.2) is 0 Å². The Morgan fingerprint density at radius 3 is 2.65 bits per heavy atom. The maximum absolute atomic E-state index is 6.19. The minimum Gasteiger partial charge on any atom is -0.326 e. The Morgan fingerprint density at radius 2 is 1.80 bits per heavy atom. The number of hydrogen-bond acceptors (Lipinski definition) is 2. The van der Waals surface area contributed by atoms with Crippen LogP contribution in [0.15, 0.2) is 36.4 Å². The molecule has 2 nitrogen and oxygen atoms in total. The number of fused-ring (bicyclic) bond motifs is 1. The van der Waals surface area contributed by atoms with E-state index in [9.17, 15) is 0 Å². The first kappa shape index (κ1) is 13.6. The van der Waals surface area contributed by atoms with Gasteiger partial charge in [0.15, 0.2) is 0 Å². The van der Waals surface area contributed by atoms with Gasteiger partial charge in [-0.15, -0.1) is 0 Å². The van der Waals surface area contributed by atoms with E-state index in [1.165, 1.54) is 41.2 Å². The molecule has 1 fully saturated rings. The van der Waals surface area contributed by atoms with Gasteiger partial charge in [0, 0.05) is 18.6 Å². The fraction of sp³-hybridized carbons (Fsp3) is 0.444. The Hall–Kier alpha value is -1.38. The largest absolute Gasteiger partial charge is 0.326 e. The van der Waals surface area contributed by atoms with Crippen LogP contribution < -0.4 is 11.1 Å². The molecule has 1 saturated carbocycles. The Morgan fingerprint density at radius 1 is 1.05 bits per heavy atom. The van der Waals surface area contributed by atoms with Gasteiger partial charge in [0.1, 0.15) is 0 Å². The highest BCUT2D eigenvalue weighted by Gasteiger charge is 2.20. The summed E-state index contributed by atoms with van der Waals surface area (Å²) in [7, 11) is 0. The molecular formula is C18H24N2. The molecule has 0 spiro atoms. The third kappa shape index (κ3) is 3.02. The van der Waals surface area contributed by atoms with Crippen LogP contribution in [-0.4, -0.2) is 12.1 Å². The Balaban J connectivity index is 1.69. The van der Waals surface area contributed by atoms with Crippen LogP contribution in [0.3, 0.4) is 0 Å². The molecule has 106 valence electrons. The van der Waals surface area contributed by atoms with Crippen LogP contribution >= 0.6 is 0 Å². The van der Waals surface area contributed by atoms with Crippen molar-refractivity contribution in [1.82, 2.24) is 5.32 Å². The molecule has 3 rings (SSSR count). The first-order chi connectivity index (χ1) is 9.72. The zero-order chi connectivity index (χ0) is 13.9. The molecule has 0 heterocycles. The van der Waals surface area contributed by atoms with E-state index in [0.717, 1.165) is 13.0 Å². The lowest BCUT2D eigenvalue weighted by molar-refractivity contribution is 0.326. The van der Waals surface area contributed by atoms with Crippen molar-refractivity contribution >= 4 is 10.8 Å². The van der Waals surface area contributed by atoms with E-state index < -0.39 is 0 Å². The monoisotopic (exact) mass is 268 g/mol. The van der Waals surface area contributed by atoms with Crippen molar-refractivity contribution in [1.29, 1.82) is 0 Å². The van der Waals surface area contributed by atoms with E-state index >= 15 is 0 Å². The molecule has 0 radical (unpaired) electrons. The molecule has 0 aliphatic heterocycles. The van der Waals surface area contributed by atoms with E-state index in [-0.39, 0.29) is 0 Å². The van der Waals surface area contributed by atoms with Gasteiger partial charge >= 0.3 is 0 Å². The SMILES string of the molecule is Cc1ccc2cc(CNC3CCCCC3N)ccc2c1. The lowest BCUT2D eigenvalue weighted by atomic mass is 9.91. The number of aryl methyl sites for hydroxylation is 1. The van der Waals surface area contributed by atoms with Crippen molar-refractivity contribution < 1.29 is 0 Å². The van der Waals surface area contributed by atoms with Crippen LogP contribution in [0, 0.1) is 6.92 Å². The highest BCUT2D eigenvalue weighted by atomic mass is 15.0. The predicted molar refractivity (Wildman–Crippen MR) is 85.8 cm³/mol. The Labute approximate surface area is 121 Å². The van der Waals surface area contributed by atoms with Gasteiger partial charge in [-0.05, 0) is 42.2 Å². The van der Waals surface area contributed by atoms with E-state index in [2.05, 4.69) is 48.6 Å². The second-order valence-corrected chi connectivity index (χ2v) is 6.12. The van der Waals surface area contributed by atoms with Crippen molar-refractivity contribution in [2.75, 3.05) is 0 Å². The third-order valence-electron chi connectivity index (χ3n) is 4.45. The van der Waals surface area contributed by atoms with E-state index in [1.807, 2.05) is 0 Å². The first-order valence-corrected chi connectivity index (χ1v) is 7.71. The van der Waals surface area contributed by atoms with Crippen LogP contribution in [0.2, 0.25) is 0 Å². The average Bonchev–Trinajstić information content (AvgIpc) is 2.46. The molecule has 20 heavy (non-hydrogen) atoms. The summed E-state index contributed by atoms with van der Waals surface area (Å²) in [6.07, 6.45) is 4.97. The quantitative estimate of drug-likeness (QED) is 0.894. The number of benzene rings is 2. The summed E-state index contributed by atoms with van der Waals surface area (Å²) >= 11 is 0. The fourth-order valence-corrected chi connectivity index (χ4v) is 3.19. The van der Waals surface area contributed by atoms with Crippen LogP contribution in [0.5, 0.6) is 0 Å². The van der Waals surface area contributed by atoms with Crippen molar-refractivity contribution in [2.24, 2.45) is 5.73 Å². The van der Waals surface area contributed by atoms with Gasteiger partial charge in [0.25, 0.3) is 0 Å². The van der Waals surface area contributed by atoms with E-state index in [0.29, 0.717) is 12.1 Å². The van der Waals surface area contributed by atoms with Gasteiger partial charge in [-0.2, -0.15) is 0 Å². The zero-order valence-electron chi connectivity index (χ0n) is 12.2. The molecule has 2 aromatic rings. The maximum Gasteiger partial charge on any atom is 0.0222 e. The summed E-state index contributed by atoms with van der Waals surface area (Å²) in [4.78, 5) is 0. The minimum absolute atomic E-state index is 0.326. The van der Waals surface area contributed by atoms with Crippen molar-refractivity contribution in [2.45, 2.75) is 51.2 Å². The van der Waals surface area contributed by atoms with Crippen LogP contribution in [0.25, 0.3) is 10.8 Å². The lowest BCUT2D eigenvalue weighted by Crippen LogP contribution is -2.46. The van der Waals surface area contributed by atoms with Gasteiger partial charge < -0.3 is 11.1 Å². The standard InChI is InChI=1S/C18H24N2/c1-13-6-8-16-11-14(7-9-15(16)10-13)12-20-18-5-3-2-4-17(18)19/h6-11,17-18,20H,2-5,12,19H2,1H3. The van der Waals surface area contributed by atoms with Gasteiger partial charge in [0.05, 0.1) is 0 Å². The average molecular weight is 268 g/mol. The summed E-state index contributed by atoms with van der Waals surface area (Å²) in [6, 6.07) is 14.2. The first-order valence-electron chi connectivity index (χ1n) is 7.71. The summed E-state index contributed by atoms with van der Waals surface area (Å²) in [5.74, 6) is 0. The van der Waals surface area contributed by atoms with Gasteiger partial charge in [-0.1, -0.05) is 48.7 Å². The summed E-state index contributed by atoms with van der Waals surface area (Å²) in [6.45, 7) is 3.06. The Bertz CT molecular complexity index is 591. The molecular weight excluding hydrogens is 244 g/mol. The number of hydrogen-bond donors (Lipinski definition) is 2. The normalized spacial score (nSPS) is 23.1. The Kier molecular flexibility index (Phi) is 4.04. The lowest BCUT2D eigenvalue weighted by Gasteiger charge is -2.29. The van der Waals surface area contributed by atoms with Crippen molar-refractivity contribution in [3.63, 3.8) is 0 Å². The topological polar surface area (TPSA) is 38.0 Å². The molecule has 0 bridgehead atoms. The highest BCUT2D eigenvalue weighted by Crippen LogP contribution is 2.20. The van der Waals surface area contributed by atoms with Crippen LogP contribution in [0.1, 0.15) is 36.8 Å². The van der Waals surface area contributed by atoms with E-state index in [1.54, 1.807) is 0 Å². The minimum atomic E-state index is 0.326. The molecule has 2 atom stereocenters. The highest BCUT2D eigenvalue weighted by molar-refractivity contribution is 5.83. The predicted octanol–water partition coefficient (Wildman–Crippen LogP) is 3.51. The zero-order valence-corrected chi connectivity index (χ0v) is 12.2. The molecule has 2 heteroatoms. The molecule has 0 saturated heterocycles. The van der Waals surface area contributed by atoms with E-state index in [4.69, 9.17) is 5.73 Å². The smallest absolute Gasteiger partial charge is 0.0222 e. The number of nitrogens with two attached hydrogens (primary N) is 1. The fourth-order valence-electron chi connectivity index (χ4n) is 3.19. The summed E-state index contributed by atoms with van der Waals surface area (Å²) < 4.78 is 0. The van der Waals surface area contributed by atoms with Crippen molar-refractivity contribution in [3.8, 4) is 0 Å². The second-order valence-electron chi connectivity index (χ2n) is 6.12. The van der Waals surface area contributed by atoms with Crippen molar-refractivity contribution in [3.05, 3.63) is 47.5 Å².